The Balaban J connectivity index is -0.0000000150. The minimum absolute atomic E-state index is 0. The van der Waals surface area contributed by atoms with E-state index in [9.17, 15) is 0 Å². The van der Waals surface area contributed by atoms with Crippen LogP contribution in [0.25, 0.3) is 0 Å². The standard InChI is InChI=1S/C2H4O2.Na.Pb.3H/c1-2(3)4;;;;;/h1H3,(H,3,4);;;;;/q;+1;;;;-1. The molecule has 0 aliphatic heterocycles. The second-order valence-electron chi connectivity index (χ2n) is 0.519. The number of carboxylic acid groups (broad SMARTS) is 1. The number of rotatable bonds is 0. The second-order valence-corrected chi connectivity index (χ2v) is 0.519. The van der Waals surface area contributed by atoms with E-state index < -0.39 is 5.97 Å². The first kappa shape index (κ1) is 15.7. The molecule has 0 amide bonds. The van der Waals surface area contributed by atoms with Gasteiger partial charge < -0.3 is 6.53 Å². The van der Waals surface area contributed by atoms with Gasteiger partial charge in [0.2, 0.25) is 0 Å². The van der Waals surface area contributed by atoms with Gasteiger partial charge in [-0.1, -0.05) is 0 Å². The molecule has 4 heteroatoms. The fraction of sp³-hybridized carbons (Fsp3) is 0.500. The third-order valence-corrected chi connectivity index (χ3v) is 0. The van der Waals surface area contributed by atoms with Gasteiger partial charge in [0.25, 0.3) is 5.97 Å². The monoisotopic (exact) mass is 294 g/mol. The van der Waals surface area contributed by atoms with E-state index in [1.807, 2.05) is 0 Å². The number of aliphatic carboxylic acids is 1. The van der Waals surface area contributed by atoms with Crippen LogP contribution in [0.1, 0.15) is 8.35 Å². The van der Waals surface area contributed by atoms with Gasteiger partial charge in [-0.15, -0.1) is 0 Å². The predicted molar refractivity (Wildman–Crippen MR) is 23.0 cm³/mol. The van der Waals surface area contributed by atoms with Gasteiger partial charge in [0.1, 0.15) is 0 Å². The Morgan fingerprint density at radius 1 is 1.83 bits per heavy atom. The molecule has 0 saturated carbocycles. The van der Waals surface area contributed by atoms with Gasteiger partial charge in [0.05, 0.1) is 0 Å². The van der Waals surface area contributed by atoms with Gasteiger partial charge in [0.15, 0.2) is 0 Å². The number of hydrogen-bond acceptors (Lipinski definition) is 1. The van der Waals surface area contributed by atoms with Crippen molar-refractivity contribution in [1.82, 2.24) is 0 Å². The molecule has 1 N–H and O–H groups in total. The van der Waals surface area contributed by atoms with E-state index in [4.69, 9.17) is 9.90 Å². The SMILES string of the molecule is CC(=O)O.[H-].[Na+].[PbH2]. The third kappa shape index (κ3) is 53.7. The van der Waals surface area contributed by atoms with Crippen molar-refractivity contribution in [2.45, 2.75) is 6.92 Å². The van der Waals surface area contributed by atoms with Crippen LogP contribution in [0, 0.1) is 0 Å². The zero-order chi connectivity index (χ0) is 3.58. The van der Waals surface area contributed by atoms with Gasteiger partial charge in [-0.05, 0) is 0 Å². The van der Waals surface area contributed by atoms with Crippen molar-refractivity contribution < 1.29 is 40.9 Å². The van der Waals surface area contributed by atoms with E-state index in [1.54, 1.807) is 0 Å². The van der Waals surface area contributed by atoms with Gasteiger partial charge in [-0.3, -0.25) is 4.79 Å². The van der Waals surface area contributed by atoms with Gasteiger partial charge >= 0.3 is 56.9 Å². The average molecular weight is 293 g/mol. The van der Waals surface area contributed by atoms with Gasteiger partial charge in [-0.25, -0.2) is 0 Å². The predicted octanol–water partition coefficient (Wildman–Crippen LogP) is -3.71. The molecule has 0 aromatic heterocycles. The fourth-order valence-electron chi connectivity index (χ4n) is 0. The van der Waals surface area contributed by atoms with Crippen molar-refractivity contribution >= 4 is 33.3 Å². The summed E-state index contributed by atoms with van der Waals surface area (Å²) in [5, 5.41) is 7.42. The molecule has 0 aliphatic rings. The van der Waals surface area contributed by atoms with Crippen molar-refractivity contribution in [3.05, 3.63) is 0 Å². The molecule has 0 bridgehead atoms. The van der Waals surface area contributed by atoms with Gasteiger partial charge in [0, 0.05) is 6.92 Å². The Labute approximate surface area is 80.2 Å². The van der Waals surface area contributed by atoms with Crippen LogP contribution in [-0.4, -0.2) is 38.4 Å². The van der Waals surface area contributed by atoms with E-state index in [-0.39, 0.29) is 58.3 Å². The molecule has 0 saturated heterocycles. The summed E-state index contributed by atoms with van der Waals surface area (Å²) in [5.41, 5.74) is 0. The maximum atomic E-state index is 9.00. The molecule has 2 radical (unpaired) electrons. The van der Waals surface area contributed by atoms with Crippen LogP contribution >= 0.6 is 0 Å². The summed E-state index contributed by atoms with van der Waals surface area (Å²) >= 11 is 0. The normalized spacial score (nSPS) is 4.17. The molecule has 0 spiro atoms. The molecular weight excluding hydrogens is 286 g/mol. The molecule has 0 rings (SSSR count). The molecule has 0 aromatic carbocycles. The number of carboxylic acids is 1. The topological polar surface area (TPSA) is 37.3 Å². The third-order valence-electron chi connectivity index (χ3n) is 0. The van der Waals surface area contributed by atoms with Crippen LogP contribution in [0.2, 0.25) is 0 Å². The molecule has 0 aromatic rings. The maximum absolute atomic E-state index is 9.00. The molecule has 0 heterocycles. The van der Waals surface area contributed by atoms with E-state index in [0.717, 1.165) is 6.92 Å². The first-order chi connectivity index (χ1) is 1.73. The van der Waals surface area contributed by atoms with Crippen LogP contribution in [-0.2, 0) is 4.79 Å². The molecule has 2 nitrogen and oxygen atoms in total. The van der Waals surface area contributed by atoms with Crippen molar-refractivity contribution in [3.8, 4) is 0 Å². The average Bonchev–Trinajstić information content (AvgIpc) is 0.811. The van der Waals surface area contributed by atoms with E-state index in [1.165, 1.54) is 0 Å². The van der Waals surface area contributed by atoms with Crippen LogP contribution < -0.4 is 29.6 Å². The minimum atomic E-state index is -0.833. The van der Waals surface area contributed by atoms with Gasteiger partial charge in [-0.2, -0.15) is 0 Å². The van der Waals surface area contributed by atoms with Crippen molar-refractivity contribution in [2.24, 2.45) is 0 Å². The van der Waals surface area contributed by atoms with Crippen molar-refractivity contribution in [3.63, 3.8) is 0 Å². The molecule has 0 fully saturated rings. The Morgan fingerprint density at radius 2 is 1.83 bits per heavy atom. The van der Waals surface area contributed by atoms with E-state index in [0.29, 0.717) is 0 Å². The Bertz CT molecular complexity index is 38.7. The summed E-state index contributed by atoms with van der Waals surface area (Å²) in [6.45, 7) is 1.08. The summed E-state index contributed by atoms with van der Waals surface area (Å²) in [6, 6.07) is 0. The second kappa shape index (κ2) is 9.63. The Hall–Kier alpha value is 1.39. The molecule has 0 aliphatic carbocycles. The Kier molecular flexibility index (Phi) is 25.1. The summed E-state index contributed by atoms with van der Waals surface area (Å²) < 4.78 is 0. The molecule has 0 unspecified atom stereocenters. The summed E-state index contributed by atoms with van der Waals surface area (Å²) in [6.07, 6.45) is 0. The zero-order valence-corrected chi connectivity index (χ0v) is 11.6. The summed E-state index contributed by atoms with van der Waals surface area (Å²) in [5.74, 6) is -0.833. The Morgan fingerprint density at radius 3 is 1.83 bits per heavy atom. The van der Waals surface area contributed by atoms with Crippen LogP contribution in [0.3, 0.4) is 0 Å². The molecule has 0 atom stereocenters. The quantitative estimate of drug-likeness (QED) is 0.467. The number of hydrogen-bond donors (Lipinski definition) is 1. The molecule has 32 valence electrons. The molecular formula is C2H7NaO2Pb. The first-order valence-corrected chi connectivity index (χ1v) is 0.928. The fourth-order valence-corrected chi connectivity index (χ4v) is 0. The van der Waals surface area contributed by atoms with Crippen LogP contribution in [0.4, 0.5) is 0 Å². The number of carbonyl (C=O) groups is 1. The van der Waals surface area contributed by atoms with Crippen molar-refractivity contribution in [2.75, 3.05) is 0 Å². The van der Waals surface area contributed by atoms with Crippen LogP contribution in [0.15, 0.2) is 0 Å². The summed E-state index contributed by atoms with van der Waals surface area (Å²) in [7, 11) is 0. The van der Waals surface area contributed by atoms with Crippen LogP contribution in [0.5, 0.6) is 0 Å². The molecule has 6 heavy (non-hydrogen) atoms. The first-order valence-electron chi connectivity index (χ1n) is 0.928. The van der Waals surface area contributed by atoms with Crippen molar-refractivity contribution in [1.29, 1.82) is 0 Å². The summed E-state index contributed by atoms with van der Waals surface area (Å²) in [4.78, 5) is 9.00. The zero-order valence-electron chi connectivity index (χ0n) is 5.06. The van der Waals surface area contributed by atoms with E-state index in [2.05, 4.69) is 0 Å². The van der Waals surface area contributed by atoms with E-state index >= 15 is 0 Å².